The monoisotopic (exact) mass is 236 g/mol. The van der Waals surface area contributed by atoms with E-state index in [2.05, 4.69) is 0 Å². The molecule has 3 nitrogen and oxygen atoms in total. The normalized spacial score (nSPS) is 15.3. The lowest BCUT2D eigenvalue weighted by molar-refractivity contribution is 0.0553. The lowest BCUT2D eigenvalue weighted by Gasteiger charge is -2.25. The van der Waals surface area contributed by atoms with Gasteiger partial charge in [0, 0.05) is 5.75 Å². The molecule has 0 aromatic carbocycles. The molecule has 0 saturated heterocycles. The van der Waals surface area contributed by atoms with E-state index >= 15 is 0 Å². The van der Waals surface area contributed by atoms with Gasteiger partial charge in [0.05, 0.1) is 11.9 Å². The van der Waals surface area contributed by atoms with Crippen LogP contribution in [0.5, 0.6) is 0 Å². The number of hydrogen-bond donors (Lipinski definition) is 1. The lowest BCUT2D eigenvalue weighted by Crippen LogP contribution is -2.26. The predicted molar refractivity (Wildman–Crippen MR) is 63.6 cm³/mol. The van der Waals surface area contributed by atoms with Gasteiger partial charge in [0.25, 0.3) is 0 Å². The quantitative estimate of drug-likeness (QED) is 0.767. The van der Waals surface area contributed by atoms with E-state index in [0.717, 1.165) is 0 Å². The van der Waals surface area contributed by atoms with Gasteiger partial charge in [-0.05, 0) is 24.7 Å². The Morgan fingerprint density at radius 3 is 2.13 bits per heavy atom. The molecule has 0 aliphatic heterocycles. The summed E-state index contributed by atoms with van der Waals surface area (Å²) in [7, 11) is -2.88. The van der Waals surface area contributed by atoms with Gasteiger partial charge in [0.1, 0.15) is 9.84 Å². The van der Waals surface area contributed by atoms with Crippen LogP contribution in [0, 0.1) is 5.41 Å². The molecule has 0 amide bonds. The fourth-order valence-corrected chi connectivity index (χ4v) is 2.78. The minimum Gasteiger partial charge on any atom is -0.393 e. The molecule has 0 rings (SSSR count). The van der Waals surface area contributed by atoms with Crippen LogP contribution in [0.1, 0.15) is 47.0 Å². The summed E-state index contributed by atoms with van der Waals surface area (Å²) in [6, 6.07) is 0. The van der Waals surface area contributed by atoms with Gasteiger partial charge in [-0.3, -0.25) is 0 Å². The van der Waals surface area contributed by atoms with Crippen LogP contribution >= 0.6 is 0 Å². The summed E-state index contributed by atoms with van der Waals surface area (Å²) >= 11 is 0. The third-order valence-corrected chi connectivity index (χ3v) is 4.39. The summed E-state index contributed by atoms with van der Waals surface area (Å²) in [4.78, 5) is 0. The van der Waals surface area contributed by atoms with Crippen LogP contribution in [0.3, 0.4) is 0 Å². The first-order chi connectivity index (χ1) is 6.69. The van der Waals surface area contributed by atoms with Crippen molar-refractivity contribution in [1.82, 2.24) is 0 Å². The molecule has 0 spiro atoms. The molecule has 92 valence electrons. The van der Waals surface area contributed by atoms with Crippen molar-refractivity contribution >= 4 is 9.84 Å². The molecule has 0 saturated carbocycles. The van der Waals surface area contributed by atoms with Crippen LogP contribution in [0.25, 0.3) is 0 Å². The second-order valence-corrected chi connectivity index (χ2v) is 7.48. The Morgan fingerprint density at radius 2 is 1.73 bits per heavy atom. The van der Waals surface area contributed by atoms with E-state index in [1.807, 2.05) is 27.7 Å². The van der Waals surface area contributed by atoms with Gasteiger partial charge in [-0.2, -0.15) is 0 Å². The molecule has 1 N–H and O–H groups in total. The molecule has 15 heavy (non-hydrogen) atoms. The summed E-state index contributed by atoms with van der Waals surface area (Å²) in [5, 5.41) is 9.72. The summed E-state index contributed by atoms with van der Waals surface area (Å²) in [5.41, 5.74) is -0.158. The van der Waals surface area contributed by atoms with E-state index in [1.165, 1.54) is 0 Å². The molecule has 1 atom stereocenters. The average Bonchev–Trinajstić information content (AvgIpc) is 2.01. The van der Waals surface area contributed by atoms with E-state index in [1.54, 1.807) is 0 Å². The zero-order chi connectivity index (χ0) is 12.1. The molecule has 4 heteroatoms. The van der Waals surface area contributed by atoms with Crippen LogP contribution < -0.4 is 0 Å². The Labute approximate surface area is 93.8 Å². The summed E-state index contributed by atoms with van der Waals surface area (Å²) in [6.07, 6.45) is 1.37. The Morgan fingerprint density at radius 1 is 1.20 bits per heavy atom. The highest BCUT2D eigenvalue weighted by Crippen LogP contribution is 2.22. The first-order valence-corrected chi connectivity index (χ1v) is 7.39. The SMILES string of the molecule is CCCS(=O)(=O)CCCC(O)C(C)(C)C. The van der Waals surface area contributed by atoms with Crippen LogP contribution in [-0.2, 0) is 9.84 Å². The van der Waals surface area contributed by atoms with Crippen molar-refractivity contribution in [3.05, 3.63) is 0 Å². The number of hydrogen-bond acceptors (Lipinski definition) is 3. The number of aliphatic hydroxyl groups excluding tert-OH is 1. The highest BCUT2D eigenvalue weighted by atomic mass is 32.2. The van der Waals surface area contributed by atoms with Crippen LogP contribution in [0.2, 0.25) is 0 Å². The van der Waals surface area contributed by atoms with Crippen molar-refractivity contribution in [2.75, 3.05) is 11.5 Å². The van der Waals surface area contributed by atoms with Gasteiger partial charge in [0.2, 0.25) is 0 Å². The molecule has 0 fully saturated rings. The molecule has 0 bridgehead atoms. The van der Waals surface area contributed by atoms with E-state index in [9.17, 15) is 13.5 Å². The Kier molecular flexibility index (Phi) is 5.81. The first-order valence-electron chi connectivity index (χ1n) is 5.57. The molecule has 0 aliphatic carbocycles. The standard InChI is InChI=1S/C11H24O3S/c1-5-8-15(13,14)9-6-7-10(12)11(2,3)4/h10,12H,5-9H2,1-4H3. The molecule has 0 aromatic heterocycles. The first kappa shape index (κ1) is 14.9. The average molecular weight is 236 g/mol. The number of sulfone groups is 1. The molecular formula is C11H24O3S. The van der Waals surface area contributed by atoms with Crippen LogP contribution in [0.4, 0.5) is 0 Å². The summed E-state index contributed by atoms with van der Waals surface area (Å²) < 4.78 is 22.8. The van der Waals surface area contributed by atoms with E-state index < -0.39 is 15.9 Å². The van der Waals surface area contributed by atoms with Gasteiger partial charge < -0.3 is 5.11 Å². The van der Waals surface area contributed by atoms with Crippen molar-refractivity contribution in [2.24, 2.45) is 5.41 Å². The molecule has 0 radical (unpaired) electrons. The molecular weight excluding hydrogens is 212 g/mol. The Hall–Kier alpha value is -0.0900. The maximum atomic E-state index is 11.4. The van der Waals surface area contributed by atoms with Crippen molar-refractivity contribution in [3.63, 3.8) is 0 Å². The fourth-order valence-electron chi connectivity index (χ4n) is 1.34. The lowest BCUT2D eigenvalue weighted by atomic mass is 9.87. The maximum absolute atomic E-state index is 11.4. The third-order valence-electron chi connectivity index (χ3n) is 2.45. The maximum Gasteiger partial charge on any atom is 0.150 e. The van der Waals surface area contributed by atoms with Gasteiger partial charge in [-0.25, -0.2) is 8.42 Å². The fraction of sp³-hybridized carbons (Fsp3) is 1.00. The molecule has 0 heterocycles. The topological polar surface area (TPSA) is 54.4 Å². The van der Waals surface area contributed by atoms with Gasteiger partial charge in [-0.15, -0.1) is 0 Å². The molecule has 1 unspecified atom stereocenters. The van der Waals surface area contributed by atoms with E-state index in [0.29, 0.717) is 19.3 Å². The third kappa shape index (κ3) is 6.90. The number of aliphatic hydroxyl groups is 1. The summed E-state index contributed by atoms with van der Waals surface area (Å²) in [6.45, 7) is 7.73. The number of rotatable bonds is 6. The van der Waals surface area contributed by atoms with E-state index in [4.69, 9.17) is 0 Å². The van der Waals surface area contributed by atoms with Crippen LogP contribution in [0.15, 0.2) is 0 Å². The zero-order valence-electron chi connectivity index (χ0n) is 10.3. The smallest absolute Gasteiger partial charge is 0.150 e. The Balaban J connectivity index is 3.90. The largest absolute Gasteiger partial charge is 0.393 e. The summed E-state index contributed by atoms with van der Waals surface area (Å²) in [5.74, 6) is 0.465. The van der Waals surface area contributed by atoms with Crippen LogP contribution in [-0.4, -0.2) is 31.1 Å². The highest BCUT2D eigenvalue weighted by Gasteiger charge is 2.22. The van der Waals surface area contributed by atoms with Crippen molar-refractivity contribution < 1.29 is 13.5 Å². The van der Waals surface area contributed by atoms with Gasteiger partial charge >= 0.3 is 0 Å². The minimum absolute atomic E-state index is 0.158. The Bertz CT molecular complexity index is 262. The zero-order valence-corrected chi connectivity index (χ0v) is 11.1. The minimum atomic E-state index is -2.88. The second-order valence-electron chi connectivity index (χ2n) is 5.18. The molecule has 0 aromatic rings. The van der Waals surface area contributed by atoms with Gasteiger partial charge in [0.15, 0.2) is 0 Å². The van der Waals surface area contributed by atoms with Gasteiger partial charge in [-0.1, -0.05) is 27.7 Å². The van der Waals surface area contributed by atoms with Crippen molar-refractivity contribution in [2.45, 2.75) is 53.1 Å². The molecule has 0 aliphatic rings. The van der Waals surface area contributed by atoms with E-state index in [-0.39, 0.29) is 16.9 Å². The van der Waals surface area contributed by atoms with Crippen molar-refractivity contribution in [1.29, 1.82) is 0 Å². The highest BCUT2D eigenvalue weighted by molar-refractivity contribution is 7.91. The second kappa shape index (κ2) is 5.85. The van der Waals surface area contributed by atoms with Crippen molar-refractivity contribution in [3.8, 4) is 0 Å². The predicted octanol–water partition coefficient (Wildman–Crippen LogP) is 2.00.